The predicted molar refractivity (Wildman–Crippen MR) is 104 cm³/mol. The highest BCUT2D eigenvalue weighted by Crippen LogP contribution is 2.50. The Morgan fingerprint density at radius 1 is 0.926 bits per heavy atom. The number of rotatable bonds is 7. The van der Waals surface area contributed by atoms with E-state index in [-0.39, 0.29) is 30.4 Å². The topological polar surface area (TPSA) is 52.6 Å². The molecule has 0 unspecified atom stereocenters. The number of hydrogen-bond acceptors (Lipinski definition) is 4. The lowest BCUT2D eigenvalue weighted by atomic mass is 9.87. The lowest BCUT2D eigenvalue weighted by Gasteiger charge is -2.17. The Morgan fingerprint density at radius 2 is 1.56 bits per heavy atom. The fraction of sp³-hybridized carbons (Fsp3) is 0.391. The largest absolute Gasteiger partial charge is 0.490 e. The number of hydrogen-bond donors (Lipinski definition) is 0. The SMILES string of the molecule is CC(C)(C)C(=O)OCCOc1ccc(C(=O)C2(c3ccccc3)CC2)cc1. The first-order valence-electron chi connectivity index (χ1n) is 9.33. The molecule has 4 nitrogen and oxygen atoms in total. The van der Waals surface area contributed by atoms with Crippen molar-refractivity contribution in [2.24, 2.45) is 5.41 Å². The van der Waals surface area contributed by atoms with E-state index >= 15 is 0 Å². The molecular formula is C23H26O4. The molecule has 0 atom stereocenters. The molecular weight excluding hydrogens is 340 g/mol. The van der Waals surface area contributed by atoms with Crippen molar-refractivity contribution in [2.45, 2.75) is 39.0 Å². The average Bonchev–Trinajstić information content (AvgIpc) is 3.47. The molecule has 1 saturated carbocycles. The third-order valence-electron chi connectivity index (χ3n) is 4.83. The molecule has 0 N–H and O–H groups in total. The molecule has 0 spiro atoms. The Balaban J connectivity index is 1.55. The van der Waals surface area contributed by atoms with Crippen LogP contribution in [0, 0.1) is 5.41 Å². The second-order valence-electron chi connectivity index (χ2n) is 8.04. The van der Waals surface area contributed by atoms with Crippen molar-refractivity contribution in [3.63, 3.8) is 0 Å². The Bertz CT molecular complexity index is 797. The molecule has 1 aliphatic rings. The van der Waals surface area contributed by atoms with Crippen LogP contribution in [0.3, 0.4) is 0 Å². The summed E-state index contributed by atoms with van der Waals surface area (Å²) in [5, 5.41) is 0. The minimum atomic E-state index is -0.514. The predicted octanol–water partition coefficient (Wildman–Crippen LogP) is 4.57. The first-order chi connectivity index (χ1) is 12.8. The van der Waals surface area contributed by atoms with Gasteiger partial charge in [0.1, 0.15) is 19.0 Å². The maximum atomic E-state index is 13.0. The Kier molecular flexibility index (Phi) is 5.36. The molecule has 1 aliphatic carbocycles. The van der Waals surface area contributed by atoms with Crippen molar-refractivity contribution >= 4 is 11.8 Å². The molecule has 142 valence electrons. The average molecular weight is 366 g/mol. The molecule has 0 bridgehead atoms. The molecule has 0 amide bonds. The van der Waals surface area contributed by atoms with Gasteiger partial charge in [-0.15, -0.1) is 0 Å². The van der Waals surface area contributed by atoms with Gasteiger partial charge in [0.05, 0.1) is 10.8 Å². The molecule has 3 rings (SSSR count). The van der Waals surface area contributed by atoms with E-state index in [1.165, 1.54) is 0 Å². The summed E-state index contributed by atoms with van der Waals surface area (Å²) in [4.78, 5) is 24.7. The lowest BCUT2D eigenvalue weighted by Crippen LogP contribution is -2.24. The van der Waals surface area contributed by atoms with Crippen LogP contribution in [0.2, 0.25) is 0 Å². The Morgan fingerprint density at radius 3 is 2.11 bits per heavy atom. The number of benzene rings is 2. The summed E-state index contributed by atoms with van der Waals surface area (Å²) in [5.74, 6) is 0.574. The third kappa shape index (κ3) is 4.38. The van der Waals surface area contributed by atoms with Crippen LogP contribution in [-0.4, -0.2) is 25.0 Å². The van der Waals surface area contributed by atoms with Gasteiger partial charge >= 0.3 is 5.97 Å². The van der Waals surface area contributed by atoms with E-state index in [1.807, 2.05) is 63.2 Å². The van der Waals surface area contributed by atoms with Crippen LogP contribution in [0.4, 0.5) is 0 Å². The second kappa shape index (κ2) is 7.55. The van der Waals surface area contributed by atoms with Gasteiger partial charge in [-0.25, -0.2) is 0 Å². The molecule has 4 heteroatoms. The van der Waals surface area contributed by atoms with Crippen molar-refractivity contribution in [1.82, 2.24) is 0 Å². The summed E-state index contributed by atoms with van der Waals surface area (Å²) in [6.07, 6.45) is 1.79. The molecule has 0 radical (unpaired) electrons. The highest BCUT2D eigenvalue weighted by atomic mass is 16.6. The monoisotopic (exact) mass is 366 g/mol. The van der Waals surface area contributed by atoms with Crippen molar-refractivity contribution in [3.8, 4) is 5.75 Å². The molecule has 27 heavy (non-hydrogen) atoms. The molecule has 2 aromatic carbocycles. The van der Waals surface area contributed by atoms with Gasteiger partial charge < -0.3 is 9.47 Å². The van der Waals surface area contributed by atoms with Crippen LogP contribution < -0.4 is 4.74 Å². The van der Waals surface area contributed by atoms with Crippen LogP contribution in [0.1, 0.15) is 49.5 Å². The second-order valence-corrected chi connectivity index (χ2v) is 8.04. The van der Waals surface area contributed by atoms with E-state index in [2.05, 4.69) is 0 Å². The summed E-state index contributed by atoms with van der Waals surface area (Å²) in [6, 6.07) is 17.2. The van der Waals surface area contributed by atoms with Gasteiger partial charge in [0.2, 0.25) is 0 Å². The minimum Gasteiger partial charge on any atom is -0.490 e. The van der Waals surface area contributed by atoms with Crippen molar-refractivity contribution in [3.05, 3.63) is 65.7 Å². The maximum absolute atomic E-state index is 13.0. The van der Waals surface area contributed by atoms with Gasteiger partial charge in [-0.2, -0.15) is 0 Å². The van der Waals surface area contributed by atoms with Crippen molar-refractivity contribution in [2.75, 3.05) is 13.2 Å². The van der Waals surface area contributed by atoms with Gasteiger partial charge in [0.15, 0.2) is 5.78 Å². The molecule has 0 heterocycles. The normalized spacial score (nSPS) is 15.1. The van der Waals surface area contributed by atoms with Gasteiger partial charge in [-0.3, -0.25) is 9.59 Å². The summed E-state index contributed by atoms with van der Waals surface area (Å²) < 4.78 is 10.8. The molecule has 2 aromatic rings. The minimum absolute atomic E-state index is 0.166. The highest BCUT2D eigenvalue weighted by molar-refractivity contribution is 6.06. The molecule has 0 saturated heterocycles. The van der Waals surface area contributed by atoms with E-state index < -0.39 is 5.41 Å². The first-order valence-corrected chi connectivity index (χ1v) is 9.33. The molecule has 0 aliphatic heterocycles. The zero-order valence-electron chi connectivity index (χ0n) is 16.2. The van der Waals surface area contributed by atoms with Crippen molar-refractivity contribution < 1.29 is 19.1 Å². The standard InChI is InChI=1S/C23H26O4/c1-22(2,3)21(25)27-16-15-26-19-11-9-17(10-12-19)20(24)23(13-14-23)18-7-5-4-6-8-18/h4-12H,13-16H2,1-3H3. The van der Waals surface area contributed by atoms with E-state index in [4.69, 9.17) is 9.47 Å². The number of carbonyl (C=O) groups is 2. The molecule has 1 fully saturated rings. The van der Waals surface area contributed by atoms with Crippen LogP contribution in [0.15, 0.2) is 54.6 Å². The maximum Gasteiger partial charge on any atom is 0.311 e. The van der Waals surface area contributed by atoms with Gasteiger partial charge in [-0.1, -0.05) is 30.3 Å². The molecule has 0 aromatic heterocycles. The van der Waals surface area contributed by atoms with E-state index in [0.29, 0.717) is 11.3 Å². The fourth-order valence-electron chi connectivity index (χ4n) is 3.02. The van der Waals surface area contributed by atoms with Crippen molar-refractivity contribution in [1.29, 1.82) is 0 Å². The number of carbonyl (C=O) groups excluding carboxylic acids is 2. The van der Waals surface area contributed by atoms with Crippen LogP contribution in [-0.2, 0) is 14.9 Å². The number of esters is 1. The highest BCUT2D eigenvalue weighted by Gasteiger charge is 2.50. The summed E-state index contributed by atoms with van der Waals surface area (Å²) in [5.41, 5.74) is 0.920. The van der Waals surface area contributed by atoms with Gasteiger partial charge in [0, 0.05) is 5.56 Å². The Hall–Kier alpha value is -2.62. The van der Waals surface area contributed by atoms with E-state index in [0.717, 1.165) is 18.4 Å². The quantitative estimate of drug-likeness (QED) is 0.409. The third-order valence-corrected chi connectivity index (χ3v) is 4.83. The number of ketones is 1. The summed E-state index contributed by atoms with van der Waals surface area (Å²) in [7, 11) is 0. The zero-order valence-corrected chi connectivity index (χ0v) is 16.2. The summed E-state index contributed by atoms with van der Waals surface area (Å²) >= 11 is 0. The van der Waals surface area contributed by atoms with Gasteiger partial charge in [-0.05, 0) is 63.4 Å². The van der Waals surface area contributed by atoms with Crippen LogP contribution >= 0.6 is 0 Å². The number of ether oxygens (including phenoxy) is 2. The van der Waals surface area contributed by atoms with E-state index in [9.17, 15) is 9.59 Å². The fourth-order valence-corrected chi connectivity index (χ4v) is 3.02. The first kappa shape index (κ1) is 19.2. The number of Topliss-reactive ketones (excluding diaryl/α,β-unsaturated/α-hetero) is 1. The van der Waals surface area contributed by atoms with Gasteiger partial charge in [0.25, 0.3) is 0 Å². The van der Waals surface area contributed by atoms with Crippen LogP contribution in [0.25, 0.3) is 0 Å². The summed E-state index contributed by atoms with van der Waals surface area (Å²) in [6.45, 7) is 5.92. The Labute approximate surface area is 160 Å². The smallest absolute Gasteiger partial charge is 0.311 e. The zero-order chi connectivity index (χ0) is 19.5. The van der Waals surface area contributed by atoms with Crippen LogP contribution in [0.5, 0.6) is 5.75 Å². The van der Waals surface area contributed by atoms with E-state index in [1.54, 1.807) is 12.1 Å². The lowest BCUT2D eigenvalue weighted by molar-refractivity contribution is -0.153.